The molecule has 158 valence electrons. The molecule has 3 aromatic rings. The Morgan fingerprint density at radius 2 is 1.83 bits per heavy atom. The van der Waals surface area contributed by atoms with E-state index < -0.39 is 5.63 Å². The number of aromatic hydroxyl groups is 1. The molecule has 2 heterocycles. The third-order valence-corrected chi connectivity index (χ3v) is 7.11. The van der Waals surface area contributed by atoms with Crippen molar-refractivity contribution in [2.45, 2.75) is 65.2 Å². The molecule has 1 saturated carbocycles. The highest BCUT2D eigenvalue weighted by molar-refractivity contribution is 7.11. The van der Waals surface area contributed by atoms with Crippen molar-refractivity contribution in [3.63, 3.8) is 0 Å². The Hall–Kier alpha value is -2.33. The largest absolute Gasteiger partial charge is 0.507 e. The van der Waals surface area contributed by atoms with E-state index in [2.05, 4.69) is 31.2 Å². The maximum Gasteiger partial charge on any atom is 0.343 e. The highest BCUT2D eigenvalue weighted by atomic mass is 32.1. The normalized spacial score (nSPS) is 14.8. The van der Waals surface area contributed by atoms with E-state index in [4.69, 9.17) is 4.42 Å². The average Bonchev–Trinajstić information content (AvgIpc) is 3.45. The molecule has 1 aliphatic carbocycles. The molecule has 1 atom stereocenters. The van der Waals surface area contributed by atoms with Gasteiger partial charge in [0.1, 0.15) is 11.5 Å². The van der Waals surface area contributed by atoms with Gasteiger partial charge in [0.2, 0.25) is 0 Å². The minimum Gasteiger partial charge on any atom is -0.507 e. The van der Waals surface area contributed by atoms with Crippen LogP contribution in [0.5, 0.6) is 5.75 Å². The van der Waals surface area contributed by atoms with Crippen molar-refractivity contribution >= 4 is 11.3 Å². The number of hydrogen-bond donors (Lipinski definition) is 1. The number of rotatable bonds is 8. The van der Waals surface area contributed by atoms with E-state index in [1.807, 2.05) is 26.0 Å². The van der Waals surface area contributed by atoms with Gasteiger partial charge in [0, 0.05) is 27.7 Å². The SMILES string of the molecule is CCc1c(C(Cc2ccc(C)cc2)CC2CC2)oc(=O)c(Cc2ccc(C)s2)c1O. The van der Waals surface area contributed by atoms with Crippen molar-refractivity contribution in [2.75, 3.05) is 0 Å². The van der Waals surface area contributed by atoms with E-state index in [0.29, 0.717) is 30.1 Å². The van der Waals surface area contributed by atoms with Gasteiger partial charge in [-0.2, -0.15) is 0 Å². The van der Waals surface area contributed by atoms with Crippen molar-refractivity contribution in [1.82, 2.24) is 0 Å². The van der Waals surface area contributed by atoms with Crippen LogP contribution in [0.15, 0.2) is 45.6 Å². The van der Waals surface area contributed by atoms with E-state index in [-0.39, 0.29) is 11.7 Å². The molecule has 1 aliphatic rings. The minimum atomic E-state index is -0.393. The van der Waals surface area contributed by atoms with Crippen LogP contribution in [0.2, 0.25) is 0 Å². The number of aryl methyl sites for hydroxylation is 2. The maximum absolute atomic E-state index is 12.9. The van der Waals surface area contributed by atoms with E-state index in [9.17, 15) is 9.90 Å². The number of thiophene rings is 1. The molecule has 0 spiro atoms. The molecule has 4 heteroatoms. The maximum atomic E-state index is 12.9. The summed E-state index contributed by atoms with van der Waals surface area (Å²) < 4.78 is 5.97. The molecule has 1 N–H and O–H groups in total. The van der Waals surface area contributed by atoms with Crippen molar-refractivity contribution in [3.05, 3.63) is 84.6 Å². The van der Waals surface area contributed by atoms with E-state index in [0.717, 1.165) is 23.3 Å². The number of benzene rings is 1. The quantitative estimate of drug-likeness (QED) is 0.463. The molecule has 0 radical (unpaired) electrons. The van der Waals surface area contributed by atoms with Crippen molar-refractivity contribution < 1.29 is 9.52 Å². The lowest BCUT2D eigenvalue weighted by Gasteiger charge is -2.20. The zero-order chi connectivity index (χ0) is 21.3. The van der Waals surface area contributed by atoms with Crippen LogP contribution < -0.4 is 5.63 Å². The van der Waals surface area contributed by atoms with Crippen molar-refractivity contribution in [1.29, 1.82) is 0 Å². The van der Waals surface area contributed by atoms with Crippen LogP contribution in [0.4, 0.5) is 0 Å². The minimum absolute atomic E-state index is 0.117. The van der Waals surface area contributed by atoms with Crippen LogP contribution in [0.25, 0.3) is 0 Å². The van der Waals surface area contributed by atoms with Crippen LogP contribution in [0.3, 0.4) is 0 Å². The third-order valence-electron chi connectivity index (χ3n) is 6.11. The summed E-state index contributed by atoms with van der Waals surface area (Å²) in [6.45, 7) is 6.16. The van der Waals surface area contributed by atoms with E-state index in [1.165, 1.54) is 28.8 Å². The summed E-state index contributed by atoms with van der Waals surface area (Å²) in [4.78, 5) is 15.2. The Morgan fingerprint density at radius 3 is 2.43 bits per heavy atom. The van der Waals surface area contributed by atoms with Crippen LogP contribution in [0, 0.1) is 19.8 Å². The molecule has 1 unspecified atom stereocenters. The molecular formula is C26H30O3S. The van der Waals surface area contributed by atoms with Crippen LogP contribution in [-0.4, -0.2) is 5.11 Å². The van der Waals surface area contributed by atoms with Gasteiger partial charge in [-0.25, -0.2) is 4.79 Å². The fourth-order valence-corrected chi connectivity index (χ4v) is 5.15. The van der Waals surface area contributed by atoms with Gasteiger partial charge in [-0.1, -0.05) is 49.6 Å². The van der Waals surface area contributed by atoms with Gasteiger partial charge in [0.25, 0.3) is 0 Å². The van der Waals surface area contributed by atoms with Gasteiger partial charge in [0.15, 0.2) is 0 Å². The molecule has 3 nitrogen and oxygen atoms in total. The van der Waals surface area contributed by atoms with Crippen LogP contribution >= 0.6 is 11.3 Å². The zero-order valence-electron chi connectivity index (χ0n) is 18.0. The second-order valence-corrected chi connectivity index (χ2v) is 10.0. The average molecular weight is 423 g/mol. The predicted octanol–water partition coefficient (Wildman–Crippen LogP) is 6.30. The second kappa shape index (κ2) is 8.81. The number of hydrogen-bond acceptors (Lipinski definition) is 4. The molecule has 0 amide bonds. The van der Waals surface area contributed by atoms with Gasteiger partial charge >= 0.3 is 5.63 Å². The van der Waals surface area contributed by atoms with Gasteiger partial charge in [-0.05, 0) is 56.7 Å². The summed E-state index contributed by atoms with van der Waals surface area (Å²) in [6.07, 6.45) is 5.40. The molecule has 2 aromatic heterocycles. The van der Waals surface area contributed by atoms with Crippen LogP contribution in [-0.2, 0) is 19.3 Å². The first kappa shape index (κ1) is 20.9. The molecule has 0 saturated heterocycles. The lowest BCUT2D eigenvalue weighted by Crippen LogP contribution is -2.16. The van der Waals surface area contributed by atoms with Gasteiger partial charge in [-0.3, -0.25) is 0 Å². The van der Waals surface area contributed by atoms with Crippen molar-refractivity contribution in [3.8, 4) is 5.75 Å². The summed E-state index contributed by atoms with van der Waals surface area (Å²) in [6, 6.07) is 12.6. The molecule has 1 aromatic carbocycles. The summed E-state index contributed by atoms with van der Waals surface area (Å²) >= 11 is 1.65. The summed E-state index contributed by atoms with van der Waals surface area (Å²) in [5.41, 5.74) is 3.28. The third kappa shape index (κ3) is 4.70. The second-order valence-electron chi connectivity index (χ2n) is 8.67. The molecule has 30 heavy (non-hydrogen) atoms. The predicted molar refractivity (Wildman–Crippen MR) is 123 cm³/mol. The molecule has 4 rings (SSSR count). The molecule has 0 bridgehead atoms. The summed E-state index contributed by atoms with van der Waals surface area (Å²) in [5.74, 6) is 1.65. The monoisotopic (exact) mass is 422 g/mol. The Morgan fingerprint density at radius 1 is 1.10 bits per heavy atom. The fraction of sp³-hybridized carbons (Fsp3) is 0.423. The smallest absolute Gasteiger partial charge is 0.343 e. The lowest BCUT2D eigenvalue weighted by molar-refractivity contribution is 0.368. The highest BCUT2D eigenvalue weighted by Gasteiger charge is 2.31. The Balaban J connectivity index is 1.70. The standard InChI is InChI=1S/C26H30O3S/c1-4-22-24(27)23(15-21-12-7-17(3)30-21)26(28)29-25(22)20(14-19-10-11-19)13-18-8-5-16(2)6-9-18/h5-9,12,19-20,27H,4,10-11,13-15H2,1-3H3. The Labute approximate surface area is 182 Å². The first-order chi connectivity index (χ1) is 14.4. The Kier molecular flexibility index (Phi) is 6.14. The first-order valence-corrected chi connectivity index (χ1v) is 11.7. The fourth-order valence-electron chi connectivity index (χ4n) is 4.25. The van der Waals surface area contributed by atoms with Crippen LogP contribution in [0.1, 0.15) is 69.9 Å². The summed E-state index contributed by atoms with van der Waals surface area (Å²) in [7, 11) is 0. The van der Waals surface area contributed by atoms with Gasteiger partial charge in [-0.15, -0.1) is 11.3 Å². The molecular weight excluding hydrogens is 392 g/mol. The topological polar surface area (TPSA) is 50.4 Å². The Bertz CT molecular complexity index is 1070. The molecule has 1 fully saturated rings. The zero-order valence-corrected chi connectivity index (χ0v) is 18.8. The van der Waals surface area contributed by atoms with Crippen molar-refractivity contribution in [2.24, 2.45) is 5.92 Å². The first-order valence-electron chi connectivity index (χ1n) is 10.9. The van der Waals surface area contributed by atoms with Gasteiger partial charge in [0.05, 0.1) is 5.56 Å². The lowest BCUT2D eigenvalue weighted by atomic mass is 9.87. The van der Waals surface area contributed by atoms with Gasteiger partial charge < -0.3 is 9.52 Å². The molecule has 0 aliphatic heterocycles. The highest BCUT2D eigenvalue weighted by Crippen LogP contribution is 2.42. The van der Waals surface area contributed by atoms with E-state index >= 15 is 0 Å². The summed E-state index contributed by atoms with van der Waals surface area (Å²) in [5, 5.41) is 11.1. The van der Waals surface area contributed by atoms with E-state index in [1.54, 1.807) is 11.3 Å².